The molecule has 1 atom stereocenters. The number of phenols is 1. The van der Waals surface area contributed by atoms with E-state index in [0.717, 1.165) is 18.2 Å². The van der Waals surface area contributed by atoms with Crippen molar-refractivity contribution < 1.29 is 24.5 Å². The van der Waals surface area contributed by atoms with Crippen LogP contribution in [0.25, 0.3) is 0 Å². The van der Waals surface area contributed by atoms with E-state index in [1.54, 1.807) is 0 Å². The second-order valence-electron chi connectivity index (χ2n) is 3.20. The summed E-state index contributed by atoms with van der Waals surface area (Å²) >= 11 is 0. The Labute approximate surface area is 91.3 Å². The maximum Gasteiger partial charge on any atom is 0.327 e. The van der Waals surface area contributed by atoms with Crippen LogP contribution in [-0.2, 0) is 4.79 Å². The van der Waals surface area contributed by atoms with Gasteiger partial charge in [-0.2, -0.15) is 0 Å². The highest BCUT2D eigenvalue weighted by molar-refractivity contribution is 5.79. The smallest absolute Gasteiger partial charge is 0.327 e. The number of aromatic hydroxyl groups is 1. The van der Waals surface area contributed by atoms with Gasteiger partial charge in [-0.05, 0) is 24.1 Å². The molecular weight excluding hydrogens is 215 g/mol. The summed E-state index contributed by atoms with van der Waals surface area (Å²) < 4.78 is 12.9. The molecule has 1 aromatic rings. The lowest BCUT2D eigenvalue weighted by Crippen LogP contribution is -1.97. The molecule has 0 saturated carbocycles. The first kappa shape index (κ1) is 12.2. The second kappa shape index (κ2) is 5.27. The number of rotatable bonds is 4. The van der Waals surface area contributed by atoms with E-state index in [2.05, 4.69) is 0 Å². The van der Waals surface area contributed by atoms with E-state index in [0.29, 0.717) is 0 Å². The van der Waals surface area contributed by atoms with E-state index >= 15 is 0 Å². The lowest BCUT2D eigenvalue weighted by atomic mass is 10.1. The molecule has 1 rings (SSSR count). The maximum absolute atomic E-state index is 12.9. The number of carboxylic acids is 1. The van der Waals surface area contributed by atoms with Gasteiger partial charge in [0.2, 0.25) is 0 Å². The molecule has 0 spiro atoms. The van der Waals surface area contributed by atoms with Crippen molar-refractivity contribution in [1.82, 2.24) is 0 Å². The molecule has 1 aromatic carbocycles. The van der Waals surface area contributed by atoms with Crippen molar-refractivity contribution in [2.45, 2.75) is 12.5 Å². The summed E-state index contributed by atoms with van der Waals surface area (Å²) in [5, 5.41) is 26.8. The normalized spacial score (nSPS) is 12.9. The molecule has 0 bridgehead atoms. The topological polar surface area (TPSA) is 77.8 Å². The molecular formula is C11H11FO4. The van der Waals surface area contributed by atoms with Gasteiger partial charge < -0.3 is 15.3 Å². The molecule has 0 aromatic heterocycles. The van der Waals surface area contributed by atoms with Gasteiger partial charge in [-0.25, -0.2) is 9.18 Å². The number of aliphatic hydroxyl groups is 1. The van der Waals surface area contributed by atoms with Gasteiger partial charge in [-0.1, -0.05) is 12.1 Å². The highest BCUT2D eigenvalue weighted by Gasteiger charge is 2.08. The maximum atomic E-state index is 12.9. The SMILES string of the molecule is O=C(O)/C=C/C[C@H](O)c1ccc(O)c(F)c1. The summed E-state index contributed by atoms with van der Waals surface area (Å²) in [6.07, 6.45) is 1.25. The fourth-order valence-electron chi connectivity index (χ4n) is 1.16. The minimum atomic E-state index is -1.11. The van der Waals surface area contributed by atoms with Crippen LogP contribution in [0.4, 0.5) is 4.39 Å². The Morgan fingerprint density at radius 1 is 1.50 bits per heavy atom. The fraction of sp³-hybridized carbons (Fsp3) is 0.182. The number of benzene rings is 1. The van der Waals surface area contributed by atoms with Crippen LogP contribution in [-0.4, -0.2) is 21.3 Å². The molecule has 0 heterocycles. The van der Waals surface area contributed by atoms with Gasteiger partial charge in [0.05, 0.1) is 6.10 Å². The number of aliphatic carboxylic acids is 1. The highest BCUT2D eigenvalue weighted by atomic mass is 19.1. The van der Waals surface area contributed by atoms with Gasteiger partial charge in [-0.15, -0.1) is 0 Å². The lowest BCUT2D eigenvalue weighted by Gasteiger charge is -2.08. The standard InChI is InChI=1S/C11H11FO4/c12-8-6-7(4-5-10(8)14)9(13)2-1-3-11(15)16/h1,3-6,9,13-14H,2H2,(H,15,16)/b3-1+/t9-/m0/s1. The zero-order chi connectivity index (χ0) is 12.1. The molecule has 0 unspecified atom stereocenters. The predicted molar refractivity (Wildman–Crippen MR) is 54.4 cm³/mol. The van der Waals surface area contributed by atoms with Crippen LogP contribution in [0.5, 0.6) is 5.75 Å². The fourth-order valence-corrected chi connectivity index (χ4v) is 1.16. The first-order valence-corrected chi connectivity index (χ1v) is 4.56. The van der Waals surface area contributed by atoms with Crippen molar-refractivity contribution in [3.05, 3.63) is 41.7 Å². The number of carboxylic acid groups (broad SMARTS) is 1. The average molecular weight is 226 g/mol. The van der Waals surface area contributed by atoms with Crippen molar-refractivity contribution >= 4 is 5.97 Å². The van der Waals surface area contributed by atoms with Crippen LogP contribution in [0.15, 0.2) is 30.4 Å². The van der Waals surface area contributed by atoms with E-state index in [1.165, 1.54) is 12.1 Å². The third-order valence-corrected chi connectivity index (χ3v) is 1.98. The van der Waals surface area contributed by atoms with Crippen molar-refractivity contribution in [2.75, 3.05) is 0 Å². The van der Waals surface area contributed by atoms with Crippen molar-refractivity contribution in [3.63, 3.8) is 0 Å². The Bertz CT molecular complexity index is 414. The van der Waals surface area contributed by atoms with Gasteiger partial charge >= 0.3 is 5.97 Å². The molecule has 0 aliphatic carbocycles. The number of halogens is 1. The van der Waals surface area contributed by atoms with Crippen LogP contribution < -0.4 is 0 Å². The van der Waals surface area contributed by atoms with Gasteiger partial charge in [0, 0.05) is 6.08 Å². The first-order valence-electron chi connectivity index (χ1n) is 4.56. The molecule has 4 nitrogen and oxygen atoms in total. The highest BCUT2D eigenvalue weighted by Crippen LogP contribution is 2.22. The van der Waals surface area contributed by atoms with Gasteiger partial charge in [-0.3, -0.25) is 0 Å². The summed E-state index contributed by atoms with van der Waals surface area (Å²) in [6.45, 7) is 0. The summed E-state index contributed by atoms with van der Waals surface area (Å²) in [7, 11) is 0. The average Bonchev–Trinajstić information content (AvgIpc) is 2.21. The van der Waals surface area contributed by atoms with Crippen LogP contribution >= 0.6 is 0 Å². The van der Waals surface area contributed by atoms with E-state index in [1.807, 2.05) is 0 Å². The third kappa shape index (κ3) is 3.36. The van der Waals surface area contributed by atoms with Crippen LogP contribution in [0.1, 0.15) is 18.1 Å². The molecule has 16 heavy (non-hydrogen) atoms. The molecule has 0 saturated heterocycles. The van der Waals surface area contributed by atoms with Gasteiger partial charge in [0.15, 0.2) is 11.6 Å². The molecule has 5 heteroatoms. The van der Waals surface area contributed by atoms with Crippen molar-refractivity contribution in [1.29, 1.82) is 0 Å². The zero-order valence-corrected chi connectivity index (χ0v) is 8.30. The van der Waals surface area contributed by atoms with Crippen LogP contribution in [0.3, 0.4) is 0 Å². The third-order valence-electron chi connectivity index (χ3n) is 1.98. The molecule has 3 N–H and O–H groups in total. The number of hydrogen-bond acceptors (Lipinski definition) is 3. The Balaban J connectivity index is 2.69. The van der Waals surface area contributed by atoms with E-state index in [9.17, 15) is 14.3 Å². The number of hydrogen-bond donors (Lipinski definition) is 3. The Morgan fingerprint density at radius 2 is 2.19 bits per heavy atom. The summed E-state index contributed by atoms with van der Waals surface area (Å²) in [6, 6.07) is 3.51. The van der Waals surface area contributed by atoms with E-state index < -0.39 is 23.6 Å². The van der Waals surface area contributed by atoms with Crippen molar-refractivity contribution in [2.24, 2.45) is 0 Å². The Kier molecular flexibility index (Phi) is 4.02. The molecule has 0 aliphatic heterocycles. The predicted octanol–water partition coefficient (Wildman–Crippen LogP) is 1.60. The van der Waals surface area contributed by atoms with E-state index in [-0.39, 0.29) is 12.0 Å². The van der Waals surface area contributed by atoms with Crippen LogP contribution in [0.2, 0.25) is 0 Å². The summed E-state index contributed by atoms with van der Waals surface area (Å²) in [5.74, 6) is -2.42. The monoisotopic (exact) mass is 226 g/mol. The largest absolute Gasteiger partial charge is 0.505 e. The quantitative estimate of drug-likeness (QED) is 0.681. The van der Waals surface area contributed by atoms with Crippen LogP contribution in [0, 0.1) is 5.82 Å². The second-order valence-corrected chi connectivity index (χ2v) is 3.20. The number of phenolic OH excluding ortho intramolecular Hbond substituents is 1. The van der Waals surface area contributed by atoms with Gasteiger partial charge in [0.1, 0.15) is 0 Å². The first-order chi connectivity index (χ1) is 7.50. The number of carbonyl (C=O) groups is 1. The Hall–Kier alpha value is -1.88. The van der Waals surface area contributed by atoms with Gasteiger partial charge in [0.25, 0.3) is 0 Å². The van der Waals surface area contributed by atoms with Crippen molar-refractivity contribution in [3.8, 4) is 5.75 Å². The Morgan fingerprint density at radius 3 is 2.75 bits per heavy atom. The zero-order valence-electron chi connectivity index (χ0n) is 8.30. The minimum absolute atomic E-state index is 0.0660. The minimum Gasteiger partial charge on any atom is -0.505 e. The molecule has 0 amide bonds. The molecule has 0 radical (unpaired) electrons. The molecule has 86 valence electrons. The summed E-state index contributed by atoms with van der Waals surface area (Å²) in [5.41, 5.74) is 0.283. The molecule has 0 aliphatic rings. The summed E-state index contributed by atoms with van der Waals surface area (Å²) in [4.78, 5) is 10.2. The lowest BCUT2D eigenvalue weighted by molar-refractivity contribution is -0.131. The molecule has 0 fully saturated rings. The number of aliphatic hydroxyl groups excluding tert-OH is 1. The van der Waals surface area contributed by atoms with E-state index in [4.69, 9.17) is 10.2 Å².